The second-order valence-corrected chi connectivity index (χ2v) is 5.01. The van der Waals surface area contributed by atoms with Gasteiger partial charge in [0, 0.05) is 49.3 Å². The monoisotopic (exact) mass is 259 g/mol. The fourth-order valence-electron chi connectivity index (χ4n) is 2.88. The van der Waals surface area contributed by atoms with Gasteiger partial charge in [0.2, 0.25) is 0 Å². The normalized spacial score (nSPS) is 15.7. The van der Waals surface area contributed by atoms with E-state index in [9.17, 15) is 0 Å². The molecule has 1 aliphatic heterocycles. The van der Waals surface area contributed by atoms with Crippen LogP contribution in [0.15, 0.2) is 24.3 Å². The van der Waals surface area contributed by atoms with Gasteiger partial charge in [-0.2, -0.15) is 0 Å². The molecule has 1 aliphatic rings. The SMILES string of the molecule is CCOc1ccc2c(c1)cc1n2CCN(CCN)C1. The fraction of sp³-hybridized carbons (Fsp3) is 0.467. The third-order valence-corrected chi connectivity index (χ3v) is 3.74. The molecule has 0 amide bonds. The maximum absolute atomic E-state index is 5.64. The van der Waals surface area contributed by atoms with Gasteiger partial charge in [-0.25, -0.2) is 0 Å². The van der Waals surface area contributed by atoms with E-state index in [1.165, 1.54) is 16.6 Å². The molecule has 0 radical (unpaired) electrons. The van der Waals surface area contributed by atoms with E-state index in [2.05, 4.69) is 33.7 Å². The van der Waals surface area contributed by atoms with Crippen molar-refractivity contribution in [2.75, 3.05) is 26.2 Å². The van der Waals surface area contributed by atoms with Crippen molar-refractivity contribution in [3.05, 3.63) is 30.0 Å². The Morgan fingerprint density at radius 3 is 2.95 bits per heavy atom. The molecule has 0 spiro atoms. The zero-order valence-electron chi connectivity index (χ0n) is 11.4. The number of nitrogens with two attached hydrogens (primary N) is 1. The summed E-state index contributed by atoms with van der Waals surface area (Å²) in [5, 5.41) is 1.27. The van der Waals surface area contributed by atoms with Crippen molar-refractivity contribution in [1.29, 1.82) is 0 Å². The number of nitrogens with zero attached hydrogens (tertiary/aromatic N) is 2. The first-order chi connectivity index (χ1) is 9.31. The molecule has 2 aromatic rings. The predicted octanol–water partition coefficient (Wildman–Crippen LogP) is 1.81. The summed E-state index contributed by atoms with van der Waals surface area (Å²) < 4.78 is 7.98. The minimum absolute atomic E-state index is 0.712. The van der Waals surface area contributed by atoms with Crippen molar-refractivity contribution in [2.24, 2.45) is 5.73 Å². The Kier molecular flexibility index (Phi) is 3.44. The van der Waals surface area contributed by atoms with E-state index in [0.29, 0.717) is 6.61 Å². The Morgan fingerprint density at radius 1 is 1.26 bits per heavy atom. The first-order valence-corrected chi connectivity index (χ1v) is 6.99. The molecule has 4 nitrogen and oxygen atoms in total. The average molecular weight is 259 g/mol. The lowest BCUT2D eigenvalue weighted by molar-refractivity contribution is 0.229. The highest BCUT2D eigenvalue weighted by atomic mass is 16.5. The number of hydrogen-bond donors (Lipinski definition) is 1. The Hall–Kier alpha value is -1.52. The number of hydrogen-bond acceptors (Lipinski definition) is 3. The lowest BCUT2D eigenvalue weighted by Crippen LogP contribution is -2.36. The van der Waals surface area contributed by atoms with Crippen LogP contribution in [0.3, 0.4) is 0 Å². The van der Waals surface area contributed by atoms with E-state index < -0.39 is 0 Å². The molecule has 0 fully saturated rings. The van der Waals surface area contributed by atoms with Crippen LogP contribution in [-0.4, -0.2) is 35.7 Å². The molecule has 0 aliphatic carbocycles. The lowest BCUT2D eigenvalue weighted by Gasteiger charge is -2.28. The summed E-state index contributed by atoms with van der Waals surface area (Å²) in [7, 11) is 0. The van der Waals surface area contributed by atoms with E-state index in [0.717, 1.165) is 38.5 Å². The van der Waals surface area contributed by atoms with Gasteiger partial charge in [0.05, 0.1) is 6.61 Å². The summed E-state index contributed by atoms with van der Waals surface area (Å²) in [4.78, 5) is 2.41. The quantitative estimate of drug-likeness (QED) is 0.910. The molecule has 4 heteroatoms. The van der Waals surface area contributed by atoms with Crippen LogP contribution < -0.4 is 10.5 Å². The number of rotatable bonds is 4. The second kappa shape index (κ2) is 5.23. The van der Waals surface area contributed by atoms with Crippen molar-refractivity contribution in [3.63, 3.8) is 0 Å². The third-order valence-electron chi connectivity index (χ3n) is 3.74. The van der Waals surface area contributed by atoms with Crippen LogP contribution in [-0.2, 0) is 13.1 Å². The minimum atomic E-state index is 0.712. The highest BCUT2D eigenvalue weighted by Crippen LogP contribution is 2.27. The molecule has 1 aromatic heterocycles. The van der Waals surface area contributed by atoms with Gasteiger partial charge >= 0.3 is 0 Å². The molecule has 3 rings (SSSR count). The minimum Gasteiger partial charge on any atom is -0.494 e. The van der Waals surface area contributed by atoms with E-state index in [4.69, 9.17) is 10.5 Å². The van der Waals surface area contributed by atoms with E-state index in [-0.39, 0.29) is 0 Å². The van der Waals surface area contributed by atoms with Gasteiger partial charge in [0.25, 0.3) is 0 Å². The van der Waals surface area contributed by atoms with E-state index >= 15 is 0 Å². The first kappa shape index (κ1) is 12.5. The number of benzene rings is 1. The maximum atomic E-state index is 5.64. The fourth-order valence-corrected chi connectivity index (χ4v) is 2.88. The number of ether oxygens (including phenoxy) is 1. The van der Waals surface area contributed by atoms with Crippen LogP contribution in [0.5, 0.6) is 5.75 Å². The topological polar surface area (TPSA) is 43.4 Å². The molecular weight excluding hydrogens is 238 g/mol. The second-order valence-electron chi connectivity index (χ2n) is 5.01. The van der Waals surface area contributed by atoms with Crippen LogP contribution in [0, 0.1) is 0 Å². The molecule has 1 aromatic carbocycles. The maximum Gasteiger partial charge on any atom is 0.120 e. The smallest absolute Gasteiger partial charge is 0.120 e. The van der Waals surface area contributed by atoms with Gasteiger partial charge < -0.3 is 15.0 Å². The molecule has 0 bridgehead atoms. The summed E-state index contributed by atoms with van der Waals surface area (Å²) in [5.41, 5.74) is 8.33. The molecule has 19 heavy (non-hydrogen) atoms. The summed E-state index contributed by atoms with van der Waals surface area (Å²) in [6, 6.07) is 8.64. The molecule has 2 heterocycles. The van der Waals surface area contributed by atoms with Crippen molar-refractivity contribution in [3.8, 4) is 5.75 Å². The van der Waals surface area contributed by atoms with Gasteiger partial charge in [0.15, 0.2) is 0 Å². The van der Waals surface area contributed by atoms with Crippen LogP contribution >= 0.6 is 0 Å². The summed E-state index contributed by atoms with van der Waals surface area (Å²) in [6.07, 6.45) is 0. The van der Waals surface area contributed by atoms with Crippen molar-refractivity contribution in [2.45, 2.75) is 20.0 Å². The standard InChI is InChI=1S/C15H21N3O/c1-2-19-14-3-4-15-12(10-14)9-13-11-17(6-5-16)7-8-18(13)15/h3-4,9-10H,2,5-8,11,16H2,1H3. The van der Waals surface area contributed by atoms with Gasteiger partial charge in [-0.15, -0.1) is 0 Å². The Morgan fingerprint density at radius 2 is 2.16 bits per heavy atom. The van der Waals surface area contributed by atoms with Crippen LogP contribution in [0.25, 0.3) is 10.9 Å². The summed E-state index contributed by atoms with van der Waals surface area (Å²) in [6.45, 7) is 7.56. The van der Waals surface area contributed by atoms with Gasteiger partial charge in [-0.05, 0) is 31.2 Å². The lowest BCUT2D eigenvalue weighted by atomic mass is 10.2. The van der Waals surface area contributed by atoms with E-state index in [1.54, 1.807) is 0 Å². The van der Waals surface area contributed by atoms with Crippen LogP contribution in [0.1, 0.15) is 12.6 Å². The molecule has 0 atom stereocenters. The molecular formula is C15H21N3O. The van der Waals surface area contributed by atoms with Crippen molar-refractivity contribution >= 4 is 10.9 Å². The Labute approximate surface area is 113 Å². The van der Waals surface area contributed by atoms with Crippen molar-refractivity contribution < 1.29 is 4.74 Å². The predicted molar refractivity (Wildman–Crippen MR) is 77.4 cm³/mol. The zero-order valence-corrected chi connectivity index (χ0v) is 11.4. The van der Waals surface area contributed by atoms with Crippen LogP contribution in [0.4, 0.5) is 0 Å². The van der Waals surface area contributed by atoms with Gasteiger partial charge in [-0.3, -0.25) is 4.90 Å². The largest absolute Gasteiger partial charge is 0.494 e. The van der Waals surface area contributed by atoms with Gasteiger partial charge in [0.1, 0.15) is 5.75 Å². The number of fused-ring (bicyclic) bond motifs is 3. The number of aromatic nitrogens is 1. The molecule has 0 saturated heterocycles. The highest BCUT2D eigenvalue weighted by molar-refractivity contribution is 5.83. The summed E-state index contributed by atoms with van der Waals surface area (Å²) >= 11 is 0. The van der Waals surface area contributed by atoms with E-state index in [1.807, 2.05) is 6.92 Å². The molecule has 0 saturated carbocycles. The average Bonchev–Trinajstić information content (AvgIpc) is 2.76. The Balaban J connectivity index is 1.93. The molecule has 0 unspecified atom stereocenters. The Bertz CT molecular complexity index is 576. The van der Waals surface area contributed by atoms with Crippen LogP contribution in [0.2, 0.25) is 0 Å². The highest BCUT2D eigenvalue weighted by Gasteiger charge is 2.18. The third kappa shape index (κ3) is 2.33. The zero-order chi connectivity index (χ0) is 13.2. The summed E-state index contributed by atoms with van der Waals surface area (Å²) in [5.74, 6) is 0.955. The molecule has 2 N–H and O–H groups in total. The molecule has 102 valence electrons. The van der Waals surface area contributed by atoms with Gasteiger partial charge in [-0.1, -0.05) is 0 Å². The first-order valence-electron chi connectivity index (χ1n) is 6.99. The van der Waals surface area contributed by atoms with Crippen molar-refractivity contribution in [1.82, 2.24) is 9.47 Å².